The summed E-state index contributed by atoms with van der Waals surface area (Å²) < 4.78 is 4.91. The first-order valence-electron chi connectivity index (χ1n) is 5.31. The third-order valence-electron chi connectivity index (χ3n) is 2.22. The predicted octanol–water partition coefficient (Wildman–Crippen LogP) is 0.258. The maximum Gasteiger partial charge on any atom is 0.328 e. The Kier molecular flexibility index (Phi) is 4.81. The molecule has 0 aliphatic carbocycles. The second kappa shape index (κ2) is 6.34. The summed E-state index contributed by atoms with van der Waals surface area (Å²) in [6, 6.07) is -0.736. The molecule has 1 heterocycles. The number of aliphatic carboxylic acids is 1. The van der Waals surface area contributed by atoms with Crippen molar-refractivity contribution in [3.8, 4) is 0 Å². The van der Waals surface area contributed by atoms with Crippen molar-refractivity contribution in [3.05, 3.63) is 29.2 Å². The van der Waals surface area contributed by atoms with E-state index < -0.39 is 17.9 Å². The zero-order chi connectivity index (χ0) is 14.4. The number of carbonyl (C=O) groups excluding carboxylic acids is 2. The summed E-state index contributed by atoms with van der Waals surface area (Å²) in [5, 5.41) is 16.4. The molecule has 0 aliphatic heterocycles. The fourth-order valence-electron chi connectivity index (χ4n) is 1.27. The summed E-state index contributed by atoms with van der Waals surface area (Å²) in [7, 11) is 0. The SMILES string of the molecule is Cc1noc(C)c1CNC(=O)NC(=O)C=CC(=O)O. The van der Waals surface area contributed by atoms with Crippen LogP contribution in [0.2, 0.25) is 0 Å². The van der Waals surface area contributed by atoms with Gasteiger partial charge in [0.05, 0.1) is 5.69 Å². The van der Waals surface area contributed by atoms with E-state index in [0.717, 1.165) is 11.6 Å². The number of aryl methyl sites for hydroxylation is 2. The first kappa shape index (κ1) is 14.4. The first-order valence-corrected chi connectivity index (χ1v) is 5.31. The van der Waals surface area contributed by atoms with Gasteiger partial charge < -0.3 is 14.9 Å². The number of hydrogen-bond donors (Lipinski definition) is 3. The molecule has 0 saturated carbocycles. The number of carboxylic acids is 1. The van der Waals surface area contributed by atoms with E-state index >= 15 is 0 Å². The molecule has 0 aromatic carbocycles. The van der Waals surface area contributed by atoms with Gasteiger partial charge in [-0.05, 0) is 13.8 Å². The van der Waals surface area contributed by atoms with Gasteiger partial charge in [-0.2, -0.15) is 0 Å². The van der Waals surface area contributed by atoms with Gasteiger partial charge in [0.1, 0.15) is 5.76 Å². The van der Waals surface area contributed by atoms with E-state index in [4.69, 9.17) is 9.63 Å². The van der Waals surface area contributed by atoms with Crippen LogP contribution >= 0.6 is 0 Å². The van der Waals surface area contributed by atoms with E-state index in [2.05, 4.69) is 10.5 Å². The van der Waals surface area contributed by atoms with Crippen molar-refractivity contribution in [2.45, 2.75) is 20.4 Å². The van der Waals surface area contributed by atoms with Crippen molar-refractivity contribution in [1.82, 2.24) is 15.8 Å². The Labute approximate surface area is 108 Å². The third-order valence-corrected chi connectivity index (χ3v) is 2.22. The molecule has 0 radical (unpaired) electrons. The van der Waals surface area contributed by atoms with Gasteiger partial charge in [-0.15, -0.1) is 0 Å². The van der Waals surface area contributed by atoms with Crippen molar-refractivity contribution in [2.75, 3.05) is 0 Å². The highest BCUT2D eigenvalue weighted by atomic mass is 16.5. The lowest BCUT2D eigenvalue weighted by Crippen LogP contribution is -2.38. The molecule has 0 unspecified atom stereocenters. The second-order valence-corrected chi connectivity index (χ2v) is 3.65. The number of hydrogen-bond acceptors (Lipinski definition) is 5. The van der Waals surface area contributed by atoms with E-state index in [1.807, 2.05) is 5.32 Å². The summed E-state index contributed by atoms with van der Waals surface area (Å²) in [5.74, 6) is -1.51. The summed E-state index contributed by atoms with van der Waals surface area (Å²) in [4.78, 5) is 32.6. The lowest BCUT2D eigenvalue weighted by molar-refractivity contribution is -0.131. The fourth-order valence-corrected chi connectivity index (χ4v) is 1.27. The Balaban J connectivity index is 2.44. The van der Waals surface area contributed by atoms with Crippen LogP contribution in [0.1, 0.15) is 17.0 Å². The summed E-state index contributed by atoms with van der Waals surface area (Å²) in [6.45, 7) is 3.59. The molecule has 1 aromatic heterocycles. The quantitative estimate of drug-likeness (QED) is 0.672. The minimum Gasteiger partial charge on any atom is -0.478 e. The average molecular weight is 267 g/mol. The maximum absolute atomic E-state index is 11.3. The molecule has 0 aliphatic rings. The molecule has 19 heavy (non-hydrogen) atoms. The summed E-state index contributed by atoms with van der Waals surface area (Å²) in [5.41, 5.74) is 1.37. The number of nitrogens with zero attached hydrogens (tertiary/aromatic N) is 1. The molecule has 102 valence electrons. The molecular formula is C11H13N3O5. The molecule has 0 bridgehead atoms. The van der Waals surface area contributed by atoms with Gasteiger partial charge in [-0.25, -0.2) is 9.59 Å². The molecule has 3 N–H and O–H groups in total. The molecule has 3 amide bonds. The number of nitrogens with one attached hydrogen (secondary N) is 2. The Morgan fingerprint density at radius 3 is 2.53 bits per heavy atom. The summed E-state index contributed by atoms with van der Waals surface area (Å²) in [6.07, 6.45) is 1.38. The highest BCUT2D eigenvalue weighted by Gasteiger charge is 2.11. The molecule has 0 spiro atoms. The smallest absolute Gasteiger partial charge is 0.328 e. The monoisotopic (exact) mass is 267 g/mol. The average Bonchev–Trinajstić information content (AvgIpc) is 2.64. The van der Waals surface area contributed by atoms with Crippen LogP contribution in [-0.2, 0) is 16.1 Å². The topological polar surface area (TPSA) is 122 Å². The van der Waals surface area contributed by atoms with E-state index in [-0.39, 0.29) is 6.54 Å². The van der Waals surface area contributed by atoms with Crippen LogP contribution in [0.15, 0.2) is 16.7 Å². The highest BCUT2D eigenvalue weighted by molar-refractivity contribution is 6.02. The van der Waals surface area contributed by atoms with E-state index in [1.54, 1.807) is 13.8 Å². The molecule has 0 saturated heterocycles. The highest BCUT2D eigenvalue weighted by Crippen LogP contribution is 2.11. The number of rotatable bonds is 4. The summed E-state index contributed by atoms with van der Waals surface area (Å²) >= 11 is 0. The third kappa shape index (κ3) is 4.62. The zero-order valence-electron chi connectivity index (χ0n) is 10.4. The van der Waals surface area contributed by atoms with Gasteiger partial charge in [-0.1, -0.05) is 5.16 Å². The van der Waals surface area contributed by atoms with E-state index in [0.29, 0.717) is 17.5 Å². The van der Waals surface area contributed by atoms with E-state index in [1.165, 1.54) is 0 Å². The van der Waals surface area contributed by atoms with Crippen molar-refractivity contribution < 1.29 is 24.0 Å². The van der Waals surface area contributed by atoms with Crippen LogP contribution in [0.5, 0.6) is 0 Å². The number of amides is 3. The van der Waals surface area contributed by atoms with Gasteiger partial charge in [0.25, 0.3) is 5.91 Å². The number of imide groups is 1. The molecule has 0 fully saturated rings. The Hall–Kier alpha value is -2.64. The minimum atomic E-state index is -1.27. The van der Waals surface area contributed by atoms with Gasteiger partial charge in [0.15, 0.2) is 0 Å². The molecule has 8 nitrogen and oxygen atoms in total. The van der Waals surface area contributed by atoms with Gasteiger partial charge >= 0.3 is 12.0 Å². The number of urea groups is 1. The standard InChI is InChI=1S/C11H13N3O5/c1-6-8(7(2)19-14-6)5-12-11(18)13-9(15)3-4-10(16)17/h3-4H,5H2,1-2H3,(H,16,17)(H2,12,13,15,18). The number of aromatic nitrogens is 1. The first-order chi connectivity index (χ1) is 8.90. The van der Waals surface area contributed by atoms with Gasteiger partial charge in [0, 0.05) is 24.3 Å². The fraction of sp³-hybridized carbons (Fsp3) is 0.273. The van der Waals surface area contributed by atoms with E-state index in [9.17, 15) is 14.4 Å². The van der Waals surface area contributed by atoms with Crippen LogP contribution in [-0.4, -0.2) is 28.2 Å². The molecular weight excluding hydrogens is 254 g/mol. The van der Waals surface area contributed by atoms with Crippen LogP contribution < -0.4 is 10.6 Å². The van der Waals surface area contributed by atoms with Crippen LogP contribution in [0.4, 0.5) is 4.79 Å². The second-order valence-electron chi connectivity index (χ2n) is 3.65. The van der Waals surface area contributed by atoms with Crippen LogP contribution in [0.3, 0.4) is 0 Å². The number of carboxylic acid groups (broad SMARTS) is 1. The van der Waals surface area contributed by atoms with Crippen molar-refractivity contribution in [3.63, 3.8) is 0 Å². The zero-order valence-corrected chi connectivity index (χ0v) is 10.4. The lowest BCUT2D eigenvalue weighted by atomic mass is 10.2. The lowest BCUT2D eigenvalue weighted by Gasteiger charge is -2.04. The van der Waals surface area contributed by atoms with Crippen LogP contribution in [0, 0.1) is 13.8 Å². The molecule has 8 heteroatoms. The Morgan fingerprint density at radius 1 is 1.32 bits per heavy atom. The van der Waals surface area contributed by atoms with Crippen LogP contribution in [0.25, 0.3) is 0 Å². The predicted molar refractivity (Wildman–Crippen MR) is 63.1 cm³/mol. The minimum absolute atomic E-state index is 0.156. The van der Waals surface area contributed by atoms with Crippen molar-refractivity contribution >= 4 is 17.9 Å². The largest absolute Gasteiger partial charge is 0.478 e. The Morgan fingerprint density at radius 2 is 2.00 bits per heavy atom. The normalized spacial score (nSPS) is 10.4. The molecule has 0 atom stereocenters. The molecule has 1 rings (SSSR count). The number of carbonyl (C=O) groups is 3. The van der Waals surface area contributed by atoms with Crippen molar-refractivity contribution in [2.24, 2.45) is 0 Å². The van der Waals surface area contributed by atoms with Gasteiger partial charge in [-0.3, -0.25) is 10.1 Å². The van der Waals surface area contributed by atoms with Crippen molar-refractivity contribution in [1.29, 1.82) is 0 Å². The maximum atomic E-state index is 11.3. The molecule has 1 aromatic rings. The van der Waals surface area contributed by atoms with Gasteiger partial charge in [0.2, 0.25) is 0 Å². The Bertz CT molecular complexity index is 513.